The second kappa shape index (κ2) is 6.40. The summed E-state index contributed by atoms with van der Waals surface area (Å²) in [5.74, 6) is 0.161. The molecule has 1 aromatic carbocycles. The summed E-state index contributed by atoms with van der Waals surface area (Å²) in [6.45, 7) is 5.90. The Balaban J connectivity index is 1.70. The van der Waals surface area contributed by atoms with Gasteiger partial charge < -0.3 is 4.90 Å². The fourth-order valence-electron chi connectivity index (χ4n) is 3.93. The van der Waals surface area contributed by atoms with Crippen LogP contribution in [0.2, 0.25) is 0 Å². The highest BCUT2D eigenvalue weighted by molar-refractivity contribution is 5.94. The largest absolute Gasteiger partial charge is 0.335 e. The first-order chi connectivity index (χ1) is 12.8. The van der Waals surface area contributed by atoms with Gasteiger partial charge in [-0.1, -0.05) is 17.7 Å². The molecule has 7 heteroatoms. The molecule has 2 aromatic heterocycles. The number of nitrogens with zero attached hydrogens (tertiary/aromatic N) is 5. The molecule has 2 unspecified atom stereocenters. The highest BCUT2D eigenvalue weighted by Gasteiger charge is 2.40. The summed E-state index contributed by atoms with van der Waals surface area (Å²) >= 11 is 0. The predicted octanol–water partition coefficient (Wildman–Crippen LogP) is 3.10. The summed E-state index contributed by atoms with van der Waals surface area (Å²) in [7, 11) is 0. The van der Waals surface area contributed by atoms with Gasteiger partial charge in [0.25, 0.3) is 11.7 Å². The van der Waals surface area contributed by atoms with Crippen molar-refractivity contribution in [2.75, 3.05) is 13.1 Å². The van der Waals surface area contributed by atoms with Gasteiger partial charge in [-0.25, -0.2) is 13.9 Å². The van der Waals surface area contributed by atoms with Gasteiger partial charge in [0.2, 0.25) is 0 Å². The van der Waals surface area contributed by atoms with Crippen molar-refractivity contribution < 1.29 is 9.18 Å². The van der Waals surface area contributed by atoms with Crippen molar-refractivity contribution in [1.82, 2.24) is 24.5 Å². The van der Waals surface area contributed by atoms with E-state index in [0.717, 1.165) is 17.0 Å². The Morgan fingerprint density at radius 3 is 2.89 bits per heavy atom. The standard InChI is InChI=1S/C20H22FN5O/c1-13-5-4-6-15(7-13)18(27)25-10-16(9-20(3,21)11-25)17-8-14(2)24-19-22-12-23-26(17)19/h4-8,12,16H,9-11H2,1-3H3. The molecule has 1 amide bonds. The van der Waals surface area contributed by atoms with Crippen LogP contribution in [0.5, 0.6) is 0 Å². The van der Waals surface area contributed by atoms with Crippen LogP contribution in [0.4, 0.5) is 4.39 Å². The highest BCUT2D eigenvalue weighted by Crippen LogP contribution is 2.35. The Morgan fingerprint density at radius 2 is 2.11 bits per heavy atom. The lowest BCUT2D eigenvalue weighted by molar-refractivity contribution is 0.0342. The van der Waals surface area contributed by atoms with E-state index in [2.05, 4.69) is 15.1 Å². The lowest BCUT2D eigenvalue weighted by Gasteiger charge is -2.40. The maximum atomic E-state index is 15.2. The molecule has 1 saturated heterocycles. The van der Waals surface area contributed by atoms with Gasteiger partial charge >= 0.3 is 0 Å². The van der Waals surface area contributed by atoms with Crippen LogP contribution in [0.15, 0.2) is 36.7 Å². The van der Waals surface area contributed by atoms with E-state index in [1.807, 2.05) is 38.1 Å². The van der Waals surface area contributed by atoms with E-state index in [1.54, 1.807) is 22.4 Å². The lowest BCUT2D eigenvalue weighted by Crippen LogP contribution is -2.49. The van der Waals surface area contributed by atoms with E-state index >= 15 is 4.39 Å². The number of piperidine rings is 1. The van der Waals surface area contributed by atoms with E-state index in [9.17, 15) is 4.79 Å². The Bertz CT molecular complexity index is 1010. The van der Waals surface area contributed by atoms with Crippen LogP contribution < -0.4 is 0 Å². The Morgan fingerprint density at radius 1 is 1.30 bits per heavy atom. The summed E-state index contributed by atoms with van der Waals surface area (Å²) in [5, 5.41) is 4.24. The van der Waals surface area contributed by atoms with Crippen molar-refractivity contribution in [2.24, 2.45) is 0 Å². The number of hydrogen-bond donors (Lipinski definition) is 0. The average Bonchev–Trinajstić information content (AvgIpc) is 3.07. The number of hydrogen-bond acceptors (Lipinski definition) is 4. The fourth-order valence-corrected chi connectivity index (χ4v) is 3.93. The number of halogens is 1. The third kappa shape index (κ3) is 3.41. The molecule has 0 radical (unpaired) electrons. The van der Waals surface area contributed by atoms with Crippen LogP contribution in [0.1, 0.15) is 46.6 Å². The summed E-state index contributed by atoms with van der Waals surface area (Å²) in [6.07, 6.45) is 1.77. The number of aryl methyl sites for hydroxylation is 2. The van der Waals surface area contributed by atoms with Crippen molar-refractivity contribution in [3.63, 3.8) is 0 Å². The zero-order valence-electron chi connectivity index (χ0n) is 15.7. The third-order valence-corrected chi connectivity index (χ3v) is 5.01. The second-order valence-electron chi connectivity index (χ2n) is 7.66. The maximum Gasteiger partial charge on any atom is 0.253 e. The normalized spacial score (nSPS) is 23.0. The number of benzene rings is 1. The zero-order chi connectivity index (χ0) is 19.2. The second-order valence-corrected chi connectivity index (χ2v) is 7.66. The molecule has 0 aliphatic carbocycles. The van der Waals surface area contributed by atoms with Gasteiger partial charge in [-0.3, -0.25) is 4.79 Å². The van der Waals surface area contributed by atoms with Crippen molar-refractivity contribution in [2.45, 2.75) is 38.8 Å². The number of carbonyl (C=O) groups is 1. The number of fused-ring (bicyclic) bond motifs is 1. The van der Waals surface area contributed by atoms with Gasteiger partial charge in [-0.15, -0.1) is 0 Å². The van der Waals surface area contributed by atoms with Crippen molar-refractivity contribution in [3.8, 4) is 0 Å². The van der Waals surface area contributed by atoms with Gasteiger partial charge in [0.15, 0.2) is 0 Å². The Kier molecular flexibility index (Phi) is 4.17. The molecule has 1 aliphatic heterocycles. The number of amides is 1. The number of aromatic nitrogens is 4. The third-order valence-electron chi connectivity index (χ3n) is 5.01. The summed E-state index contributed by atoms with van der Waals surface area (Å²) < 4.78 is 16.8. The van der Waals surface area contributed by atoms with Crippen LogP contribution in [0.25, 0.3) is 5.78 Å². The minimum atomic E-state index is -1.48. The number of alkyl halides is 1. The van der Waals surface area contributed by atoms with Crippen LogP contribution in [0.3, 0.4) is 0 Å². The number of rotatable bonds is 2. The van der Waals surface area contributed by atoms with E-state index in [4.69, 9.17) is 0 Å². The van der Waals surface area contributed by atoms with Crippen molar-refractivity contribution >= 4 is 11.7 Å². The SMILES string of the molecule is Cc1cccc(C(=O)N2CC(c3cc(C)nc4ncnn34)CC(C)(F)C2)c1. The number of carbonyl (C=O) groups excluding carboxylic acids is 1. The van der Waals surface area contributed by atoms with E-state index in [1.165, 1.54) is 6.33 Å². The zero-order valence-corrected chi connectivity index (χ0v) is 15.7. The topological polar surface area (TPSA) is 63.4 Å². The van der Waals surface area contributed by atoms with Crippen LogP contribution in [-0.2, 0) is 0 Å². The molecule has 0 bridgehead atoms. The van der Waals surface area contributed by atoms with E-state index in [0.29, 0.717) is 24.3 Å². The van der Waals surface area contributed by atoms with Crippen LogP contribution in [0, 0.1) is 13.8 Å². The maximum absolute atomic E-state index is 15.2. The van der Waals surface area contributed by atoms with Gasteiger partial charge in [0, 0.05) is 23.7 Å². The molecule has 0 N–H and O–H groups in total. The first kappa shape index (κ1) is 17.6. The highest BCUT2D eigenvalue weighted by atomic mass is 19.1. The van der Waals surface area contributed by atoms with Crippen LogP contribution in [-0.4, -0.2) is 49.1 Å². The molecule has 6 nitrogen and oxygen atoms in total. The fraction of sp³-hybridized carbons (Fsp3) is 0.400. The smallest absolute Gasteiger partial charge is 0.253 e. The molecule has 1 fully saturated rings. The van der Waals surface area contributed by atoms with Gasteiger partial charge in [0.05, 0.1) is 12.2 Å². The molecule has 140 valence electrons. The van der Waals surface area contributed by atoms with Crippen LogP contribution >= 0.6 is 0 Å². The Hall–Kier alpha value is -2.83. The molecular formula is C20H22FN5O. The first-order valence-corrected chi connectivity index (χ1v) is 9.04. The molecule has 27 heavy (non-hydrogen) atoms. The average molecular weight is 367 g/mol. The van der Waals surface area contributed by atoms with E-state index in [-0.39, 0.29) is 18.4 Å². The van der Waals surface area contributed by atoms with Gasteiger partial charge in [0.1, 0.15) is 12.0 Å². The predicted molar refractivity (Wildman–Crippen MR) is 99.5 cm³/mol. The van der Waals surface area contributed by atoms with Crippen molar-refractivity contribution in [1.29, 1.82) is 0 Å². The molecule has 0 spiro atoms. The monoisotopic (exact) mass is 367 g/mol. The van der Waals surface area contributed by atoms with Gasteiger partial charge in [-0.05, 0) is 45.4 Å². The molecule has 1 aliphatic rings. The number of likely N-dealkylation sites (tertiary alicyclic amines) is 1. The van der Waals surface area contributed by atoms with Crippen molar-refractivity contribution in [3.05, 3.63) is 59.2 Å². The summed E-state index contributed by atoms with van der Waals surface area (Å²) in [4.78, 5) is 23.1. The molecule has 0 saturated carbocycles. The first-order valence-electron chi connectivity index (χ1n) is 9.04. The molecular weight excluding hydrogens is 345 g/mol. The summed E-state index contributed by atoms with van der Waals surface area (Å²) in [6, 6.07) is 9.32. The molecule has 3 aromatic rings. The Labute approximate surface area is 157 Å². The quantitative estimate of drug-likeness (QED) is 0.698. The molecule has 4 rings (SSSR count). The summed E-state index contributed by atoms with van der Waals surface area (Å²) in [5.41, 5.74) is 1.75. The van der Waals surface area contributed by atoms with E-state index < -0.39 is 5.67 Å². The minimum absolute atomic E-state index is 0.0842. The minimum Gasteiger partial charge on any atom is -0.335 e. The molecule has 3 heterocycles. The van der Waals surface area contributed by atoms with Gasteiger partial charge in [-0.2, -0.15) is 10.1 Å². The molecule has 2 atom stereocenters. The lowest BCUT2D eigenvalue weighted by atomic mass is 9.85.